The van der Waals surface area contributed by atoms with E-state index < -0.39 is 0 Å². The van der Waals surface area contributed by atoms with Crippen LogP contribution in [-0.2, 0) is 6.42 Å². The summed E-state index contributed by atoms with van der Waals surface area (Å²) in [4.78, 5) is 20.8. The van der Waals surface area contributed by atoms with Crippen LogP contribution in [0.3, 0.4) is 0 Å². The molecule has 0 fully saturated rings. The van der Waals surface area contributed by atoms with Crippen LogP contribution in [0.5, 0.6) is 0 Å². The van der Waals surface area contributed by atoms with Gasteiger partial charge in [0.05, 0.1) is 18.4 Å². The molecule has 3 rings (SSSR count). The van der Waals surface area contributed by atoms with Gasteiger partial charge in [0.1, 0.15) is 11.5 Å². The highest BCUT2D eigenvalue weighted by molar-refractivity contribution is 6.30. The summed E-state index contributed by atoms with van der Waals surface area (Å²) in [7, 11) is 0. The molecule has 0 saturated heterocycles. The van der Waals surface area contributed by atoms with Gasteiger partial charge in [0, 0.05) is 11.6 Å². The second-order valence-electron chi connectivity index (χ2n) is 6.20. The molecule has 6 heteroatoms. The molecule has 1 heterocycles. The largest absolute Gasteiger partial charge is 0.368 e. The first-order valence-electron chi connectivity index (χ1n) is 8.78. The van der Waals surface area contributed by atoms with Crippen molar-refractivity contribution in [2.24, 2.45) is 0 Å². The number of carbonyl (C=O) groups is 1. The number of carbonyl (C=O) groups excluding carboxylic acids is 1. The molecule has 1 atom stereocenters. The molecule has 5 nitrogen and oxygen atoms in total. The first-order chi connectivity index (χ1) is 13.1. The summed E-state index contributed by atoms with van der Waals surface area (Å²) in [5.41, 5.74) is 2.52. The van der Waals surface area contributed by atoms with E-state index in [-0.39, 0.29) is 11.9 Å². The van der Waals surface area contributed by atoms with Gasteiger partial charge in [-0.25, -0.2) is 9.97 Å². The summed E-state index contributed by atoms with van der Waals surface area (Å²) in [5.74, 6) is 0.392. The molecule has 138 valence electrons. The van der Waals surface area contributed by atoms with Gasteiger partial charge >= 0.3 is 0 Å². The normalized spacial score (nSPS) is 11.6. The quantitative estimate of drug-likeness (QED) is 0.642. The standard InChI is InChI=1S/C21H21ClN4O/c1-15(17-5-3-2-4-6-17)26-21(27)19-13-25-20(14-24-19)23-12-11-16-7-9-18(22)10-8-16/h2-10,13-15H,11-12H2,1H3,(H,23,25)(H,26,27). The highest BCUT2D eigenvalue weighted by Crippen LogP contribution is 2.12. The Hall–Kier alpha value is -2.92. The van der Waals surface area contributed by atoms with Gasteiger partial charge in [-0.15, -0.1) is 0 Å². The van der Waals surface area contributed by atoms with E-state index in [4.69, 9.17) is 11.6 Å². The van der Waals surface area contributed by atoms with Gasteiger partial charge in [0.25, 0.3) is 5.91 Å². The summed E-state index contributed by atoms with van der Waals surface area (Å²) in [6.45, 7) is 2.65. The van der Waals surface area contributed by atoms with Crippen molar-refractivity contribution in [3.05, 3.63) is 88.8 Å². The zero-order chi connectivity index (χ0) is 19.1. The molecule has 1 amide bonds. The lowest BCUT2D eigenvalue weighted by Crippen LogP contribution is -2.27. The molecule has 0 bridgehead atoms. The Morgan fingerprint density at radius 2 is 1.78 bits per heavy atom. The van der Waals surface area contributed by atoms with Crippen LogP contribution in [0.1, 0.15) is 34.6 Å². The molecule has 1 unspecified atom stereocenters. The highest BCUT2D eigenvalue weighted by Gasteiger charge is 2.12. The maximum Gasteiger partial charge on any atom is 0.271 e. The molecule has 2 aromatic carbocycles. The predicted molar refractivity (Wildman–Crippen MR) is 108 cm³/mol. The maximum atomic E-state index is 12.3. The Kier molecular flexibility index (Phi) is 6.39. The number of halogens is 1. The molecule has 1 aromatic heterocycles. The molecular formula is C21H21ClN4O. The van der Waals surface area contributed by atoms with Crippen molar-refractivity contribution in [3.63, 3.8) is 0 Å². The monoisotopic (exact) mass is 380 g/mol. The number of rotatable bonds is 7. The van der Waals surface area contributed by atoms with Crippen molar-refractivity contribution in [1.82, 2.24) is 15.3 Å². The lowest BCUT2D eigenvalue weighted by molar-refractivity contribution is 0.0934. The van der Waals surface area contributed by atoms with Gasteiger partial charge < -0.3 is 10.6 Å². The second kappa shape index (κ2) is 9.14. The zero-order valence-corrected chi connectivity index (χ0v) is 15.8. The van der Waals surface area contributed by atoms with Crippen molar-refractivity contribution in [2.45, 2.75) is 19.4 Å². The van der Waals surface area contributed by atoms with Crippen molar-refractivity contribution < 1.29 is 4.79 Å². The van der Waals surface area contributed by atoms with E-state index in [1.54, 1.807) is 6.20 Å². The minimum Gasteiger partial charge on any atom is -0.368 e. The number of aromatic nitrogens is 2. The van der Waals surface area contributed by atoms with E-state index in [1.807, 2.05) is 61.5 Å². The van der Waals surface area contributed by atoms with Gasteiger partial charge in [0.15, 0.2) is 0 Å². The SMILES string of the molecule is CC(NC(=O)c1cnc(NCCc2ccc(Cl)cc2)cn1)c1ccccc1. The maximum absolute atomic E-state index is 12.3. The fourth-order valence-corrected chi connectivity index (χ4v) is 2.74. The van der Waals surface area contributed by atoms with Crippen LogP contribution in [0.2, 0.25) is 5.02 Å². The smallest absolute Gasteiger partial charge is 0.271 e. The molecule has 0 spiro atoms. The second-order valence-corrected chi connectivity index (χ2v) is 6.63. The third-order valence-electron chi connectivity index (χ3n) is 4.16. The van der Waals surface area contributed by atoms with E-state index in [0.717, 1.165) is 17.0 Å². The summed E-state index contributed by atoms with van der Waals surface area (Å²) < 4.78 is 0. The van der Waals surface area contributed by atoms with Crippen molar-refractivity contribution in [2.75, 3.05) is 11.9 Å². The van der Waals surface area contributed by atoms with Crippen molar-refractivity contribution in [1.29, 1.82) is 0 Å². The Morgan fingerprint density at radius 1 is 1.04 bits per heavy atom. The van der Waals surface area contributed by atoms with Crippen LogP contribution in [0.4, 0.5) is 5.82 Å². The zero-order valence-electron chi connectivity index (χ0n) is 15.0. The lowest BCUT2D eigenvalue weighted by Gasteiger charge is -2.14. The average molecular weight is 381 g/mol. The number of nitrogens with one attached hydrogen (secondary N) is 2. The van der Waals surface area contributed by atoms with E-state index in [9.17, 15) is 4.79 Å². The van der Waals surface area contributed by atoms with Crippen molar-refractivity contribution >= 4 is 23.3 Å². The summed E-state index contributed by atoms with van der Waals surface area (Å²) in [6.07, 6.45) is 3.90. The molecule has 2 N–H and O–H groups in total. The Labute approximate surface area is 163 Å². The van der Waals surface area contributed by atoms with E-state index >= 15 is 0 Å². The number of benzene rings is 2. The minimum absolute atomic E-state index is 0.0994. The molecule has 0 saturated carbocycles. The number of amides is 1. The molecule has 0 aliphatic carbocycles. The van der Waals surface area contributed by atoms with Crippen LogP contribution in [-0.4, -0.2) is 22.4 Å². The Morgan fingerprint density at radius 3 is 2.44 bits per heavy atom. The van der Waals surface area contributed by atoms with Crippen molar-refractivity contribution in [3.8, 4) is 0 Å². The van der Waals surface area contributed by atoms with Crippen LogP contribution in [0.25, 0.3) is 0 Å². The number of hydrogen-bond donors (Lipinski definition) is 2. The van der Waals surface area contributed by atoms with E-state index in [0.29, 0.717) is 18.1 Å². The van der Waals surface area contributed by atoms with E-state index in [1.165, 1.54) is 11.8 Å². The van der Waals surface area contributed by atoms with Gasteiger partial charge in [0.2, 0.25) is 0 Å². The van der Waals surface area contributed by atoms with Gasteiger partial charge in [-0.1, -0.05) is 54.1 Å². The van der Waals surface area contributed by atoms with Crippen LogP contribution in [0.15, 0.2) is 67.0 Å². The average Bonchev–Trinajstić information content (AvgIpc) is 2.70. The van der Waals surface area contributed by atoms with Gasteiger partial charge in [-0.2, -0.15) is 0 Å². The summed E-state index contributed by atoms with van der Waals surface area (Å²) >= 11 is 5.88. The lowest BCUT2D eigenvalue weighted by atomic mass is 10.1. The number of anilines is 1. The molecule has 0 aliphatic heterocycles. The van der Waals surface area contributed by atoms with Gasteiger partial charge in [-0.05, 0) is 36.6 Å². The number of hydrogen-bond acceptors (Lipinski definition) is 4. The third-order valence-corrected chi connectivity index (χ3v) is 4.42. The van der Waals surface area contributed by atoms with E-state index in [2.05, 4.69) is 20.6 Å². The molecule has 3 aromatic rings. The van der Waals surface area contributed by atoms with Crippen LogP contribution >= 0.6 is 11.6 Å². The number of nitrogens with zero attached hydrogens (tertiary/aromatic N) is 2. The predicted octanol–water partition coefficient (Wildman–Crippen LogP) is 4.28. The Balaban J connectivity index is 1.50. The summed E-state index contributed by atoms with van der Waals surface area (Å²) in [5, 5.41) is 6.86. The first kappa shape index (κ1) is 18.9. The molecular weight excluding hydrogens is 360 g/mol. The minimum atomic E-state index is -0.244. The first-order valence-corrected chi connectivity index (χ1v) is 9.16. The molecule has 27 heavy (non-hydrogen) atoms. The molecule has 0 aliphatic rings. The fourth-order valence-electron chi connectivity index (χ4n) is 2.62. The molecule has 0 radical (unpaired) electrons. The van der Waals surface area contributed by atoms with Gasteiger partial charge in [-0.3, -0.25) is 4.79 Å². The third kappa shape index (κ3) is 5.53. The summed E-state index contributed by atoms with van der Waals surface area (Å²) in [6, 6.07) is 17.4. The highest BCUT2D eigenvalue weighted by atomic mass is 35.5. The fraction of sp³-hybridized carbons (Fsp3) is 0.190. The van der Waals surface area contributed by atoms with Crippen LogP contribution < -0.4 is 10.6 Å². The van der Waals surface area contributed by atoms with Crippen LogP contribution in [0, 0.1) is 0 Å². The Bertz CT molecular complexity index is 867. The topological polar surface area (TPSA) is 66.9 Å².